The largest absolute Gasteiger partial charge is 0.481 e. The minimum atomic E-state index is -0.642. The van der Waals surface area contributed by atoms with E-state index in [-0.39, 0.29) is 0 Å². The lowest BCUT2D eigenvalue weighted by Crippen LogP contribution is -2.32. The fourth-order valence-corrected chi connectivity index (χ4v) is 3.37. The van der Waals surface area contributed by atoms with E-state index in [4.69, 9.17) is 0 Å². The highest BCUT2D eigenvalue weighted by Gasteiger charge is 2.43. The molecular weight excluding hydrogens is 196 g/mol. The summed E-state index contributed by atoms with van der Waals surface area (Å²) in [7, 11) is 0. The molecule has 0 spiro atoms. The third kappa shape index (κ3) is 1.27. The summed E-state index contributed by atoms with van der Waals surface area (Å²) in [6, 6.07) is 0. The van der Waals surface area contributed by atoms with E-state index in [0.717, 1.165) is 36.8 Å². The van der Waals surface area contributed by atoms with Crippen LogP contribution < -0.4 is 0 Å². The van der Waals surface area contributed by atoms with Gasteiger partial charge in [-0.2, -0.15) is 11.3 Å². The summed E-state index contributed by atoms with van der Waals surface area (Å²) in [5.41, 5.74) is 1.62. The van der Waals surface area contributed by atoms with Gasteiger partial charge in [0.2, 0.25) is 0 Å². The van der Waals surface area contributed by atoms with E-state index in [2.05, 4.69) is 0 Å². The number of aliphatic carboxylic acids is 1. The van der Waals surface area contributed by atoms with Crippen LogP contribution in [0, 0.1) is 6.92 Å². The molecule has 0 amide bonds. The minimum absolute atomic E-state index is 0.565. The molecule has 1 N–H and O–H groups in total. The second-order valence-corrected chi connectivity index (χ2v) is 4.81. The molecule has 2 nitrogen and oxygen atoms in total. The van der Waals surface area contributed by atoms with Crippen LogP contribution in [-0.2, 0) is 10.2 Å². The Morgan fingerprint density at radius 1 is 1.43 bits per heavy atom. The van der Waals surface area contributed by atoms with Crippen molar-refractivity contribution in [2.75, 3.05) is 0 Å². The lowest BCUT2D eigenvalue weighted by molar-refractivity contribution is -0.143. The topological polar surface area (TPSA) is 37.3 Å². The van der Waals surface area contributed by atoms with Crippen LogP contribution in [0.15, 0.2) is 10.8 Å². The van der Waals surface area contributed by atoms with Crippen molar-refractivity contribution in [1.29, 1.82) is 0 Å². The monoisotopic (exact) mass is 210 g/mol. The standard InChI is InChI=1S/C11H14O2S/c1-8-6-14-7-9(8)11(10(12)13)4-2-3-5-11/h6-7H,2-5H2,1H3,(H,12,13). The highest BCUT2D eigenvalue weighted by atomic mass is 32.1. The molecule has 0 aromatic carbocycles. The summed E-state index contributed by atoms with van der Waals surface area (Å²) in [5, 5.41) is 13.4. The van der Waals surface area contributed by atoms with Crippen LogP contribution in [0.5, 0.6) is 0 Å². The Morgan fingerprint density at radius 3 is 2.50 bits per heavy atom. The van der Waals surface area contributed by atoms with Crippen molar-refractivity contribution in [3.05, 3.63) is 21.9 Å². The number of rotatable bonds is 2. The molecule has 1 aliphatic rings. The average molecular weight is 210 g/mol. The molecule has 1 saturated carbocycles. The Kier molecular flexibility index (Phi) is 2.35. The Hall–Kier alpha value is -0.830. The normalized spacial score (nSPS) is 19.8. The van der Waals surface area contributed by atoms with E-state index in [9.17, 15) is 9.90 Å². The van der Waals surface area contributed by atoms with E-state index in [1.807, 2.05) is 17.7 Å². The van der Waals surface area contributed by atoms with Gasteiger partial charge in [-0.15, -0.1) is 0 Å². The summed E-state index contributed by atoms with van der Waals surface area (Å²) in [6.45, 7) is 2.01. The third-order valence-corrected chi connectivity index (χ3v) is 4.10. The first kappa shape index (κ1) is 9.71. The lowest BCUT2D eigenvalue weighted by atomic mass is 9.79. The van der Waals surface area contributed by atoms with Crippen molar-refractivity contribution < 1.29 is 9.90 Å². The number of hydrogen-bond donors (Lipinski definition) is 1. The Balaban J connectivity index is 2.46. The fraction of sp³-hybridized carbons (Fsp3) is 0.545. The molecule has 0 unspecified atom stereocenters. The van der Waals surface area contributed by atoms with Crippen molar-refractivity contribution in [2.24, 2.45) is 0 Å². The predicted octanol–water partition coefficient (Wildman–Crippen LogP) is 2.95. The highest BCUT2D eigenvalue weighted by molar-refractivity contribution is 7.08. The van der Waals surface area contributed by atoms with Crippen molar-refractivity contribution in [3.63, 3.8) is 0 Å². The van der Waals surface area contributed by atoms with Gasteiger partial charge in [-0.05, 0) is 41.7 Å². The number of aryl methyl sites for hydroxylation is 1. The van der Waals surface area contributed by atoms with E-state index in [0.29, 0.717) is 0 Å². The molecule has 14 heavy (non-hydrogen) atoms. The van der Waals surface area contributed by atoms with E-state index in [1.165, 1.54) is 0 Å². The zero-order chi connectivity index (χ0) is 10.2. The number of carboxylic acid groups (broad SMARTS) is 1. The van der Waals surface area contributed by atoms with Gasteiger partial charge in [0.15, 0.2) is 0 Å². The Morgan fingerprint density at radius 2 is 2.07 bits per heavy atom. The van der Waals surface area contributed by atoms with Gasteiger partial charge in [0.1, 0.15) is 0 Å². The maximum atomic E-state index is 11.4. The molecule has 0 atom stereocenters. The molecule has 0 radical (unpaired) electrons. The lowest BCUT2D eigenvalue weighted by Gasteiger charge is -2.23. The minimum Gasteiger partial charge on any atom is -0.481 e. The van der Waals surface area contributed by atoms with E-state index >= 15 is 0 Å². The van der Waals surface area contributed by atoms with Crippen molar-refractivity contribution in [2.45, 2.75) is 38.0 Å². The van der Waals surface area contributed by atoms with Crippen LogP contribution in [-0.4, -0.2) is 11.1 Å². The molecule has 0 bridgehead atoms. The first-order chi connectivity index (χ1) is 6.67. The smallest absolute Gasteiger partial charge is 0.314 e. The van der Waals surface area contributed by atoms with Gasteiger partial charge in [-0.3, -0.25) is 4.79 Å². The highest BCUT2D eigenvalue weighted by Crippen LogP contribution is 2.43. The molecular formula is C11H14O2S. The van der Waals surface area contributed by atoms with Gasteiger partial charge in [0.25, 0.3) is 0 Å². The van der Waals surface area contributed by atoms with Crippen LogP contribution in [0.3, 0.4) is 0 Å². The van der Waals surface area contributed by atoms with Gasteiger partial charge < -0.3 is 5.11 Å². The second-order valence-electron chi connectivity index (χ2n) is 4.06. The van der Waals surface area contributed by atoms with Gasteiger partial charge in [0.05, 0.1) is 5.41 Å². The van der Waals surface area contributed by atoms with Gasteiger partial charge in [0, 0.05) is 0 Å². The number of carbonyl (C=O) groups is 1. The second kappa shape index (κ2) is 3.39. The van der Waals surface area contributed by atoms with Crippen molar-refractivity contribution in [1.82, 2.24) is 0 Å². The maximum Gasteiger partial charge on any atom is 0.314 e. The van der Waals surface area contributed by atoms with Crippen LogP contribution in [0.25, 0.3) is 0 Å². The zero-order valence-electron chi connectivity index (χ0n) is 8.25. The van der Waals surface area contributed by atoms with E-state index < -0.39 is 11.4 Å². The Bertz CT molecular complexity index is 348. The summed E-state index contributed by atoms with van der Waals surface area (Å²) < 4.78 is 0. The number of hydrogen-bond acceptors (Lipinski definition) is 2. The molecule has 1 aromatic rings. The third-order valence-electron chi connectivity index (χ3n) is 3.24. The molecule has 0 saturated heterocycles. The van der Waals surface area contributed by atoms with Crippen LogP contribution in [0.1, 0.15) is 36.8 Å². The molecule has 2 rings (SSSR count). The molecule has 1 heterocycles. The van der Waals surface area contributed by atoms with Gasteiger partial charge in [-0.25, -0.2) is 0 Å². The van der Waals surface area contributed by atoms with Crippen LogP contribution in [0.4, 0.5) is 0 Å². The molecule has 1 aromatic heterocycles. The quantitative estimate of drug-likeness (QED) is 0.814. The zero-order valence-corrected chi connectivity index (χ0v) is 9.06. The summed E-state index contributed by atoms with van der Waals surface area (Å²) in [6.07, 6.45) is 3.70. The fourth-order valence-electron chi connectivity index (χ4n) is 2.43. The van der Waals surface area contributed by atoms with E-state index in [1.54, 1.807) is 11.3 Å². The molecule has 0 aliphatic heterocycles. The number of carboxylic acids is 1. The molecule has 76 valence electrons. The predicted molar refractivity (Wildman–Crippen MR) is 56.8 cm³/mol. The van der Waals surface area contributed by atoms with Gasteiger partial charge >= 0.3 is 5.97 Å². The summed E-state index contributed by atoms with van der Waals surface area (Å²) in [4.78, 5) is 11.4. The van der Waals surface area contributed by atoms with Gasteiger partial charge in [-0.1, -0.05) is 12.8 Å². The van der Waals surface area contributed by atoms with Crippen LogP contribution >= 0.6 is 11.3 Å². The summed E-state index contributed by atoms with van der Waals surface area (Å²) in [5.74, 6) is -0.642. The maximum absolute atomic E-state index is 11.4. The molecule has 1 aliphatic carbocycles. The summed E-state index contributed by atoms with van der Waals surface area (Å²) >= 11 is 1.61. The molecule has 1 fully saturated rings. The average Bonchev–Trinajstić information content (AvgIpc) is 2.72. The van der Waals surface area contributed by atoms with Crippen LogP contribution in [0.2, 0.25) is 0 Å². The SMILES string of the molecule is Cc1cscc1C1(C(=O)O)CCCC1. The van der Waals surface area contributed by atoms with Crippen molar-refractivity contribution in [3.8, 4) is 0 Å². The first-order valence-corrected chi connectivity index (χ1v) is 5.88. The van der Waals surface area contributed by atoms with Crippen molar-refractivity contribution >= 4 is 17.3 Å². The number of thiophene rings is 1. The Labute approximate surface area is 87.6 Å². The first-order valence-electron chi connectivity index (χ1n) is 4.93. The molecule has 3 heteroatoms.